The van der Waals surface area contributed by atoms with E-state index in [1.165, 1.54) is 6.20 Å². The third-order valence-electron chi connectivity index (χ3n) is 2.81. The van der Waals surface area contributed by atoms with Gasteiger partial charge in [-0.25, -0.2) is 9.97 Å². The number of halogens is 3. The fourth-order valence-electron chi connectivity index (χ4n) is 1.84. The first-order valence-corrected chi connectivity index (χ1v) is 8.07. The van der Waals surface area contributed by atoms with E-state index in [1.54, 1.807) is 12.1 Å². The summed E-state index contributed by atoms with van der Waals surface area (Å²) in [7, 11) is 0. The molecule has 2 N–H and O–H groups in total. The number of aromatic nitrogens is 3. The number of hydrogen-bond acceptors (Lipinski definition) is 4. The lowest BCUT2D eigenvalue weighted by Gasteiger charge is -2.05. The number of nitrogens with zero attached hydrogens (tertiary/aromatic N) is 2. The van der Waals surface area contributed by atoms with Crippen molar-refractivity contribution >= 4 is 58.7 Å². The van der Waals surface area contributed by atoms with Crippen LogP contribution in [0.2, 0.25) is 0 Å². The Kier molecular flexibility index (Phi) is 3.85. The number of aromatic hydroxyl groups is 1. The minimum atomic E-state index is -0.261. The van der Waals surface area contributed by atoms with E-state index < -0.39 is 0 Å². The first kappa shape index (κ1) is 14.7. The normalized spacial score (nSPS) is 11.0. The molecular weight excluding hydrogens is 470 g/mol. The fourth-order valence-corrected chi connectivity index (χ4v) is 3.47. The Bertz CT molecular complexity index is 924. The minimum absolute atomic E-state index is 0.0204. The molecule has 5 nitrogen and oxygen atoms in total. The van der Waals surface area contributed by atoms with E-state index in [4.69, 9.17) is 0 Å². The van der Waals surface area contributed by atoms with Gasteiger partial charge >= 0.3 is 0 Å². The molecule has 0 aliphatic heterocycles. The van der Waals surface area contributed by atoms with E-state index in [1.807, 2.05) is 6.07 Å². The quantitative estimate of drug-likeness (QED) is 0.558. The van der Waals surface area contributed by atoms with Crippen molar-refractivity contribution in [2.45, 2.75) is 0 Å². The predicted octanol–water partition coefficient (Wildman–Crippen LogP) is 3.98. The Morgan fingerprint density at radius 1 is 1.10 bits per heavy atom. The molecule has 0 unspecified atom stereocenters. The zero-order chi connectivity index (χ0) is 15.1. The van der Waals surface area contributed by atoms with Crippen LogP contribution in [0.3, 0.4) is 0 Å². The highest BCUT2D eigenvalue weighted by molar-refractivity contribution is 9.11. The summed E-state index contributed by atoms with van der Waals surface area (Å²) in [5, 5.41) is 9.95. The monoisotopic (exact) mass is 473 g/mol. The third kappa shape index (κ3) is 2.75. The van der Waals surface area contributed by atoms with Gasteiger partial charge in [0, 0.05) is 8.95 Å². The summed E-state index contributed by atoms with van der Waals surface area (Å²) in [5.74, 6) is 0.350. The molecule has 0 radical (unpaired) electrons. The van der Waals surface area contributed by atoms with Gasteiger partial charge in [0.05, 0.1) is 21.6 Å². The number of pyridine rings is 1. The van der Waals surface area contributed by atoms with Crippen LogP contribution in [0, 0.1) is 0 Å². The number of fused-ring (bicyclic) bond motifs is 1. The summed E-state index contributed by atoms with van der Waals surface area (Å²) in [6.45, 7) is 0. The van der Waals surface area contributed by atoms with Crippen LogP contribution in [0.5, 0.6) is 5.75 Å². The van der Waals surface area contributed by atoms with Crippen LogP contribution in [0.15, 0.2) is 42.6 Å². The van der Waals surface area contributed by atoms with Gasteiger partial charge in [0.2, 0.25) is 0 Å². The molecule has 0 saturated heterocycles. The zero-order valence-corrected chi connectivity index (χ0v) is 15.0. The van der Waals surface area contributed by atoms with Crippen LogP contribution in [-0.4, -0.2) is 20.1 Å². The number of nitrogens with one attached hydrogen (secondary N) is 1. The molecule has 3 aromatic rings. The van der Waals surface area contributed by atoms with Crippen LogP contribution < -0.4 is 5.56 Å². The first-order chi connectivity index (χ1) is 9.95. The lowest BCUT2D eigenvalue weighted by Crippen LogP contribution is -2.10. The topological polar surface area (TPSA) is 78.9 Å². The number of H-pyrrole nitrogens is 1. The number of aromatic amines is 1. The summed E-state index contributed by atoms with van der Waals surface area (Å²) in [6, 6.07) is 5.11. The molecule has 0 atom stereocenters. The molecule has 2 heterocycles. The lowest BCUT2D eigenvalue weighted by molar-refractivity contribution is 0.469. The molecule has 0 aliphatic rings. The third-order valence-corrected chi connectivity index (χ3v) is 4.50. The second-order valence-electron chi connectivity index (χ2n) is 4.22. The average molecular weight is 476 g/mol. The Morgan fingerprint density at radius 2 is 1.86 bits per heavy atom. The molecule has 21 heavy (non-hydrogen) atoms. The highest BCUT2D eigenvalue weighted by Crippen LogP contribution is 2.28. The Labute approximate surface area is 143 Å². The number of hydrogen-bond donors (Lipinski definition) is 2. The molecule has 1 aromatic carbocycles. The molecule has 0 aliphatic carbocycles. The van der Waals surface area contributed by atoms with Gasteiger partial charge < -0.3 is 10.1 Å². The number of benzene rings is 1. The van der Waals surface area contributed by atoms with E-state index in [-0.39, 0.29) is 11.3 Å². The standard InChI is InChI=1S/C13H6Br3N3O2/c14-5-1-6-11(8(16)2-5)18-12(19-13(6)21)9-3-7(15)10(20)4-17-9/h1-4,20H,(H,18,19,21). The highest BCUT2D eigenvalue weighted by atomic mass is 79.9. The van der Waals surface area contributed by atoms with Gasteiger partial charge in [-0.3, -0.25) is 4.79 Å². The summed E-state index contributed by atoms with van der Waals surface area (Å²) < 4.78 is 1.97. The summed E-state index contributed by atoms with van der Waals surface area (Å²) >= 11 is 9.95. The molecule has 0 bridgehead atoms. The van der Waals surface area contributed by atoms with Crippen molar-refractivity contribution in [1.82, 2.24) is 15.0 Å². The molecule has 0 fully saturated rings. The Balaban J connectivity index is 2.30. The SMILES string of the molecule is O=c1[nH]c(-c2cc(Br)c(O)cn2)nc2c(Br)cc(Br)cc12. The molecule has 8 heteroatoms. The lowest BCUT2D eigenvalue weighted by atomic mass is 10.2. The molecule has 106 valence electrons. The van der Waals surface area contributed by atoms with E-state index >= 15 is 0 Å². The van der Waals surface area contributed by atoms with Crippen molar-refractivity contribution in [3.63, 3.8) is 0 Å². The molecule has 2 aromatic heterocycles. The van der Waals surface area contributed by atoms with Crippen molar-refractivity contribution in [3.8, 4) is 17.3 Å². The molecule has 0 amide bonds. The van der Waals surface area contributed by atoms with Gasteiger partial charge in [-0.1, -0.05) is 15.9 Å². The van der Waals surface area contributed by atoms with Crippen molar-refractivity contribution in [2.24, 2.45) is 0 Å². The van der Waals surface area contributed by atoms with Crippen LogP contribution in [0.4, 0.5) is 0 Å². The smallest absolute Gasteiger partial charge is 0.259 e. The van der Waals surface area contributed by atoms with Gasteiger partial charge in [0.15, 0.2) is 5.82 Å². The van der Waals surface area contributed by atoms with Crippen molar-refractivity contribution in [1.29, 1.82) is 0 Å². The largest absolute Gasteiger partial charge is 0.505 e. The van der Waals surface area contributed by atoms with E-state index in [0.29, 0.717) is 31.4 Å². The van der Waals surface area contributed by atoms with Crippen LogP contribution in [0.1, 0.15) is 0 Å². The maximum atomic E-state index is 12.2. The maximum absolute atomic E-state index is 12.2. The van der Waals surface area contributed by atoms with Crippen molar-refractivity contribution in [2.75, 3.05) is 0 Å². The fraction of sp³-hybridized carbons (Fsp3) is 0. The summed E-state index contributed by atoms with van der Waals surface area (Å²) in [4.78, 5) is 23.4. The second-order valence-corrected chi connectivity index (χ2v) is 6.84. The predicted molar refractivity (Wildman–Crippen MR) is 90.4 cm³/mol. The maximum Gasteiger partial charge on any atom is 0.259 e. The van der Waals surface area contributed by atoms with E-state index in [2.05, 4.69) is 62.7 Å². The van der Waals surface area contributed by atoms with Crippen LogP contribution >= 0.6 is 47.8 Å². The Hall–Kier alpha value is -1.25. The summed E-state index contributed by atoms with van der Waals surface area (Å²) in [5.41, 5.74) is 0.736. The average Bonchev–Trinajstić information content (AvgIpc) is 2.43. The van der Waals surface area contributed by atoms with E-state index in [9.17, 15) is 9.90 Å². The van der Waals surface area contributed by atoms with E-state index in [0.717, 1.165) is 4.47 Å². The molecular formula is C13H6Br3N3O2. The molecule has 3 rings (SSSR count). The Morgan fingerprint density at radius 3 is 2.57 bits per heavy atom. The van der Waals surface area contributed by atoms with Crippen molar-refractivity contribution in [3.05, 3.63) is 48.2 Å². The minimum Gasteiger partial charge on any atom is -0.505 e. The molecule has 0 saturated carbocycles. The van der Waals surface area contributed by atoms with Gasteiger partial charge in [-0.2, -0.15) is 0 Å². The first-order valence-electron chi connectivity index (χ1n) is 5.69. The van der Waals surface area contributed by atoms with Crippen LogP contribution in [-0.2, 0) is 0 Å². The van der Waals surface area contributed by atoms with Gasteiger partial charge in [-0.05, 0) is 50.1 Å². The molecule has 0 spiro atoms. The highest BCUT2D eigenvalue weighted by Gasteiger charge is 2.11. The van der Waals surface area contributed by atoms with Gasteiger partial charge in [-0.15, -0.1) is 0 Å². The second kappa shape index (κ2) is 5.51. The van der Waals surface area contributed by atoms with Gasteiger partial charge in [0.1, 0.15) is 11.4 Å². The zero-order valence-electron chi connectivity index (χ0n) is 10.2. The number of rotatable bonds is 1. The van der Waals surface area contributed by atoms with Crippen LogP contribution in [0.25, 0.3) is 22.4 Å². The van der Waals surface area contributed by atoms with Gasteiger partial charge in [0.25, 0.3) is 5.56 Å². The van der Waals surface area contributed by atoms with Crippen molar-refractivity contribution < 1.29 is 5.11 Å². The summed E-state index contributed by atoms with van der Waals surface area (Å²) in [6.07, 6.45) is 1.29.